The zero-order valence-electron chi connectivity index (χ0n) is 21.9. The molecule has 0 fully saturated rings. The van der Waals surface area contributed by atoms with Crippen molar-refractivity contribution in [2.45, 2.75) is 37.8 Å². The normalized spacial score (nSPS) is 11.5. The van der Waals surface area contributed by atoms with E-state index in [2.05, 4.69) is 4.98 Å². The Hall–Kier alpha value is -3.91. The van der Waals surface area contributed by atoms with E-state index in [1.807, 2.05) is 62.4 Å². The zero-order valence-corrected chi connectivity index (χ0v) is 22.8. The molecule has 0 aliphatic rings. The molecule has 1 aromatic heterocycles. The van der Waals surface area contributed by atoms with E-state index in [0.29, 0.717) is 35.7 Å². The molecule has 0 spiro atoms. The van der Waals surface area contributed by atoms with E-state index in [1.165, 1.54) is 0 Å². The van der Waals surface area contributed by atoms with Crippen LogP contribution in [0.15, 0.2) is 96.3 Å². The van der Waals surface area contributed by atoms with Crippen molar-refractivity contribution in [3.05, 3.63) is 114 Å². The second-order valence-electron chi connectivity index (χ2n) is 9.66. The summed E-state index contributed by atoms with van der Waals surface area (Å²) in [5.41, 5.74) is 2.83. The van der Waals surface area contributed by atoms with Crippen LogP contribution in [0.3, 0.4) is 0 Å². The number of hydrogen-bond acceptors (Lipinski definition) is 5. The van der Waals surface area contributed by atoms with Gasteiger partial charge in [0.15, 0.2) is 0 Å². The number of hydrogen-bond donors (Lipinski definition) is 0. The van der Waals surface area contributed by atoms with Crippen LogP contribution in [0.1, 0.15) is 41.0 Å². The summed E-state index contributed by atoms with van der Waals surface area (Å²) in [6.45, 7) is 5.15. The predicted octanol–water partition coefficient (Wildman–Crippen LogP) is 5.21. The lowest BCUT2D eigenvalue weighted by molar-refractivity contribution is 0.0718. The van der Waals surface area contributed by atoms with Gasteiger partial charge in [-0.05, 0) is 41.3 Å². The molecule has 0 aliphatic carbocycles. The van der Waals surface area contributed by atoms with Gasteiger partial charge >= 0.3 is 0 Å². The monoisotopic (exact) mass is 531 g/mol. The molecule has 0 saturated carbocycles. The molecule has 0 aliphatic heterocycles. The molecule has 4 rings (SSSR count). The molecule has 7 nitrogen and oxygen atoms in total. The number of imidazole rings is 1. The molecule has 0 radical (unpaired) electrons. The van der Waals surface area contributed by atoms with Crippen LogP contribution in [0.4, 0.5) is 0 Å². The third-order valence-corrected chi connectivity index (χ3v) is 7.72. The van der Waals surface area contributed by atoms with Gasteiger partial charge in [-0.15, -0.1) is 0 Å². The van der Waals surface area contributed by atoms with Crippen molar-refractivity contribution in [1.29, 1.82) is 0 Å². The number of methoxy groups -OCH3 is 1. The van der Waals surface area contributed by atoms with Crippen LogP contribution in [-0.4, -0.2) is 42.4 Å². The van der Waals surface area contributed by atoms with Crippen LogP contribution in [-0.2, 0) is 28.7 Å². The fourth-order valence-corrected chi connectivity index (χ4v) is 5.82. The Labute approximate surface area is 224 Å². The van der Waals surface area contributed by atoms with E-state index >= 15 is 0 Å². The molecule has 1 amide bonds. The summed E-state index contributed by atoms with van der Waals surface area (Å²) in [5.74, 6) is 0.595. The van der Waals surface area contributed by atoms with Gasteiger partial charge in [0.05, 0.1) is 37.8 Å². The van der Waals surface area contributed by atoms with Crippen molar-refractivity contribution < 1.29 is 17.9 Å². The lowest BCUT2D eigenvalue weighted by Crippen LogP contribution is -2.34. The minimum atomic E-state index is -3.75. The second-order valence-corrected chi connectivity index (χ2v) is 11.5. The van der Waals surface area contributed by atoms with Gasteiger partial charge in [-0.3, -0.25) is 4.79 Å². The van der Waals surface area contributed by atoms with Gasteiger partial charge in [0.25, 0.3) is 5.91 Å². The molecule has 3 aromatic carbocycles. The molecular weight excluding hydrogens is 498 g/mol. The van der Waals surface area contributed by atoms with Gasteiger partial charge in [0.2, 0.25) is 15.0 Å². The van der Waals surface area contributed by atoms with Crippen molar-refractivity contribution in [3.63, 3.8) is 0 Å². The topological polar surface area (TPSA) is 81.5 Å². The first-order valence-corrected chi connectivity index (χ1v) is 14.2. The molecule has 198 valence electrons. The minimum Gasteiger partial charge on any atom is -0.497 e. The van der Waals surface area contributed by atoms with Crippen LogP contribution in [0.25, 0.3) is 0 Å². The number of nitrogens with zero attached hydrogens (tertiary/aromatic N) is 3. The molecule has 0 atom stereocenters. The Balaban J connectivity index is 1.71. The fourth-order valence-electron chi connectivity index (χ4n) is 4.33. The van der Waals surface area contributed by atoms with E-state index in [0.717, 1.165) is 5.56 Å². The van der Waals surface area contributed by atoms with Crippen molar-refractivity contribution in [2.75, 3.05) is 13.7 Å². The molecule has 38 heavy (non-hydrogen) atoms. The van der Waals surface area contributed by atoms with Gasteiger partial charge in [-0.25, -0.2) is 13.4 Å². The number of ether oxygens (including phenoxy) is 1. The molecule has 0 saturated heterocycles. The van der Waals surface area contributed by atoms with Crippen LogP contribution in [0, 0.1) is 5.92 Å². The molecule has 8 heteroatoms. The SMILES string of the molecule is COc1ccc(C(=O)N(Cc2cnc(S(=O)(=O)Cc3ccccc3)n2Cc2ccccc2)CC(C)C)cc1. The number of rotatable bonds is 11. The maximum atomic E-state index is 13.5. The first-order chi connectivity index (χ1) is 18.3. The maximum absolute atomic E-state index is 13.5. The average molecular weight is 532 g/mol. The highest BCUT2D eigenvalue weighted by atomic mass is 32.2. The number of carbonyl (C=O) groups excluding carboxylic acids is 1. The molecule has 0 N–H and O–H groups in total. The van der Waals surface area contributed by atoms with Gasteiger partial charge in [0, 0.05) is 12.1 Å². The van der Waals surface area contributed by atoms with Crippen LogP contribution in [0.2, 0.25) is 0 Å². The summed E-state index contributed by atoms with van der Waals surface area (Å²) in [4.78, 5) is 19.7. The number of amides is 1. The third kappa shape index (κ3) is 6.69. The summed E-state index contributed by atoms with van der Waals surface area (Å²) < 4.78 is 34.0. The van der Waals surface area contributed by atoms with Crippen molar-refractivity contribution in [1.82, 2.24) is 14.5 Å². The third-order valence-electron chi connectivity index (χ3n) is 6.13. The number of benzene rings is 3. The molecule has 0 bridgehead atoms. The van der Waals surface area contributed by atoms with Gasteiger partial charge in [0.1, 0.15) is 5.75 Å². The highest BCUT2D eigenvalue weighted by molar-refractivity contribution is 7.90. The Kier molecular flexibility index (Phi) is 8.63. The maximum Gasteiger partial charge on any atom is 0.254 e. The van der Waals surface area contributed by atoms with Crippen LogP contribution >= 0.6 is 0 Å². The molecule has 0 unspecified atom stereocenters. The summed E-state index contributed by atoms with van der Waals surface area (Å²) in [5, 5.41) is 0.00148. The van der Waals surface area contributed by atoms with Gasteiger partial charge in [-0.2, -0.15) is 0 Å². The molecule has 4 aromatic rings. The van der Waals surface area contributed by atoms with Gasteiger partial charge < -0.3 is 14.2 Å². The van der Waals surface area contributed by atoms with E-state index in [-0.39, 0.29) is 29.3 Å². The van der Waals surface area contributed by atoms with Crippen molar-refractivity contribution >= 4 is 15.7 Å². The number of carbonyl (C=O) groups is 1. The molecule has 1 heterocycles. The smallest absolute Gasteiger partial charge is 0.254 e. The Bertz CT molecular complexity index is 1450. The lowest BCUT2D eigenvalue weighted by Gasteiger charge is -2.25. The highest BCUT2D eigenvalue weighted by Gasteiger charge is 2.26. The van der Waals surface area contributed by atoms with Gasteiger partial charge in [-0.1, -0.05) is 74.5 Å². The summed E-state index contributed by atoms with van der Waals surface area (Å²) in [6.07, 6.45) is 1.58. The highest BCUT2D eigenvalue weighted by Crippen LogP contribution is 2.22. The lowest BCUT2D eigenvalue weighted by atomic mass is 10.1. The second kappa shape index (κ2) is 12.1. The fraction of sp³-hybridized carbons (Fsp3) is 0.267. The summed E-state index contributed by atoms with van der Waals surface area (Å²) in [7, 11) is -2.17. The summed E-state index contributed by atoms with van der Waals surface area (Å²) >= 11 is 0. The zero-order chi connectivity index (χ0) is 27.1. The quantitative estimate of drug-likeness (QED) is 0.265. The van der Waals surface area contributed by atoms with Crippen molar-refractivity contribution in [3.8, 4) is 5.75 Å². The minimum absolute atomic E-state index is 0.00148. The predicted molar refractivity (Wildman–Crippen MR) is 148 cm³/mol. The average Bonchev–Trinajstić information content (AvgIpc) is 3.31. The summed E-state index contributed by atoms with van der Waals surface area (Å²) in [6, 6.07) is 25.7. The van der Waals surface area contributed by atoms with Crippen LogP contribution in [0.5, 0.6) is 5.75 Å². The Morgan fingerprint density at radius 3 is 2.11 bits per heavy atom. The number of sulfone groups is 1. The first-order valence-electron chi connectivity index (χ1n) is 12.5. The van der Waals surface area contributed by atoms with E-state index in [9.17, 15) is 13.2 Å². The van der Waals surface area contributed by atoms with E-state index in [1.54, 1.807) is 59.2 Å². The van der Waals surface area contributed by atoms with Crippen LogP contribution < -0.4 is 4.74 Å². The van der Waals surface area contributed by atoms with E-state index in [4.69, 9.17) is 4.74 Å². The standard InChI is InChI=1S/C30H33N3O4S/c1-23(2)19-32(29(34)26-14-16-28(37-3)17-15-26)21-27-18-31-30(33(27)20-24-10-6-4-7-11-24)38(35,36)22-25-12-8-5-9-13-25/h4-18,23H,19-22H2,1-3H3. The Morgan fingerprint density at radius 2 is 1.53 bits per heavy atom. The largest absolute Gasteiger partial charge is 0.497 e. The molecular formula is C30H33N3O4S. The Morgan fingerprint density at radius 1 is 0.921 bits per heavy atom. The van der Waals surface area contributed by atoms with Crippen molar-refractivity contribution in [2.24, 2.45) is 5.92 Å². The van der Waals surface area contributed by atoms with E-state index < -0.39 is 9.84 Å². The number of aromatic nitrogens is 2. The first kappa shape index (κ1) is 27.1.